The van der Waals surface area contributed by atoms with Crippen LogP contribution in [0.2, 0.25) is 0 Å². The molecule has 2 aromatic rings. The van der Waals surface area contributed by atoms with Crippen LogP contribution in [-0.2, 0) is 11.3 Å². The van der Waals surface area contributed by atoms with Crippen molar-refractivity contribution in [2.24, 2.45) is 0 Å². The molecule has 0 spiro atoms. The molecule has 6 nitrogen and oxygen atoms in total. The smallest absolute Gasteiger partial charge is 0.252 e. The molecular formula is C18H22N2O4S. The quantitative estimate of drug-likeness (QED) is 0.784. The van der Waals surface area contributed by atoms with Gasteiger partial charge in [-0.15, -0.1) is 0 Å². The van der Waals surface area contributed by atoms with Gasteiger partial charge in [0.1, 0.15) is 0 Å². The highest BCUT2D eigenvalue weighted by molar-refractivity contribution is 7.08. The van der Waals surface area contributed by atoms with E-state index in [1.54, 1.807) is 37.6 Å². The molecule has 0 aliphatic carbocycles. The van der Waals surface area contributed by atoms with E-state index in [2.05, 4.69) is 5.32 Å². The van der Waals surface area contributed by atoms with Crippen molar-refractivity contribution in [3.8, 4) is 11.5 Å². The minimum absolute atomic E-state index is 0.0597. The Balaban J connectivity index is 1.87. The average Bonchev–Trinajstić information content (AvgIpc) is 3.15. The highest BCUT2D eigenvalue weighted by Gasteiger charge is 2.15. The molecule has 1 heterocycles. The first kappa shape index (κ1) is 18.8. The number of methoxy groups -OCH3 is 2. The van der Waals surface area contributed by atoms with Crippen LogP contribution < -0.4 is 14.8 Å². The van der Waals surface area contributed by atoms with Crippen LogP contribution in [0.1, 0.15) is 22.3 Å². The van der Waals surface area contributed by atoms with Crippen LogP contribution in [-0.4, -0.2) is 44.5 Å². The number of nitrogens with one attached hydrogen (secondary N) is 1. The molecule has 0 saturated carbocycles. The first-order chi connectivity index (χ1) is 12.1. The van der Waals surface area contributed by atoms with Crippen LogP contribution >= 0.6 is 11.3 Å². The minimum atomic E-state index is -0.161. The summed E-state index contributed by atoms with van der Waals surface area (Å²) in [6.45, 7) is 0.699. The Morgan fingerprint density at radius 1 is 1.20 bits per heavy atom. The molecule has 0 atom stereocenters. The summed E-state index contributed by atoms with van der Waals surface area (Å²) in [5.41, 5.74) is 1.48. The van der Waals surface area contributed by atoms with E-state index in [9.17, 15) is 9.59 Å². The summed E-state index contributed by atoms with van der Waals surface area (Å²) >= 11 is 1.46. The lowest BCUT2D eigenvalue weighted by atomic mass is 10.1. The summed E-state index contributed by atoms with van der Waals surface area (Å²) in [7, 11) is 4.87. The summed E-state index contributed by atoms with van der Waals surface area (Å²) in [5, 5.41) is 6.37. The highest BCUT2D eigenvalue weighted by Crippen LogP contribution is 2.31. The second-order valence-corrected chi connectivity index (χ2v) is 6.20. The third-order valence-corrected chi connectivity index (χ3v) is 4.41. The summed E-state index contributed by atoms with van der Waals surface area (Å²) in [6, 6.07) is 7.31. The molecule has 0 aliphatic rings. The lowest BCUT2D eigenvalue weighted by Gasteiger charge is -2.20. The summed E-state index contributed by atoms with van der Waals surface area (Å²) in [4.78, 5) is 25.7. The number of rotatable bonds is 8. The summed E-state index contributed by atoms with van der Waals surface area (Å²) in [5.74, 6) is 1.03. The Morgan fingerprint density at radius 2 is 2.00 bits per heavy atom. The molecule has 1 N–H and O–H groups in total. The number of hydrogen-bond acceptors (Lipinski definition) is 5. The Hall–Kier alpha value is -2.54. The SMILES string of the molecule is COc1cccc(CN(C)C(=O)CCNC(=O)c2ccsc2)c1OC. The van der Waals surface area contributed by atoms with Crippen LogP contribution in [0.3, 0.4) is 0 Å². The minimum Gasteiger partial charge on any atom is -0.493 e. The lowest BCUT2D eigenvalue weighted by Crippen LogP contribution is -2.31. The third kappa shape index (κ3) is 4.96. The van der Waals surface area contributed by atoms with Gasteiger partial charge in [-0.25, -0.2) is 0 Å². The van der Waals surface area contributed by atoms with Gasteiger partial charge in [0.15, 0.2) is 11.5 Å². The van der Waals surface area contributed by atoms with Crippen LogP contribution in [0.15, 0.2) is 35.0 Å². The van der Waals surface area contributed by atoms with E-state index < -0.39 is 0 Å². The van der Waals surface area contributed by atoms with Crippen molar-refractivity contribution >= 4 is 23.2 Å². The zero-order chi connectivity index (χ0) is 18.2. The van der Waals surface area contributed by atoms with Gasteiger partial charge in [-0.2, -0.15) is 11.3 Å². The van der Waals surface area contributed by atoms with E-state index in [0.29, 0.717) is 30.2 Å². The van der Waals surface area contributed by atoms with Gasteiger partial charge in [0.05, 0.1) is 14.2 Å². The van der Waals surface area contributed by atoms with Gasteiger partial charge in [0, 0.05) is 43.1 Å². The molecule has 0 unspecified atom stereocenters. The second kappa shape index (κ2) is 9.08. The van der Waals surface area contributed by atoms with Crippen molar-refractivity contribution in [1.82, 2.24) is 10.2 Å². The monoisotopic (exact) mass is 362 g/mol. The number of para-hydroxylation sites is 1. The number of amides is 2. The Labute approximate surface area is 151 Å². The van der Waals surface area contributed by atoms with Gasteiger partial charge in [-0.05, 0) is 17.5 Å². The number of carbonyl (C=O) groups is 2. The van der Waals surface area contributed by atoms with Gasteiger partial charge in [-0.3, -0.25) is 9.59 Å². The lowest BCUT2D eigenvalue weighted by molar-refractivity contribution is -0.130. The molecule has 25 heavy (non-hydrogen) atoms. The first-order valence-corrected chi connectivity index (χ1v) is 8.75. The summed E-state index contributed by atoms with van der Waals surface area (Å²) < 4.78 is 10.7. The predicted molar refractivity (Wildman–Crippen MR) is 97.3 cm³/mol. The Bertz CT molecular complexity index is 716. The maximum atomic E-state index is 12.3. The number of carbonyl (C=O) groups excluding carboxylic acids is 2. The van der Waals surface area contributed by atoms with Gasteiger partial charge in [0.25, 0.3) is 5.91 Å². The van der Waals surface area contributed by atoms with Gasteiger partial charge >= 0.3 is 0 Å². The Kier molecular flexibility index (Phi) is 6.82. The topological polar surface area (TPSA) is 67.9 Å². The van der Waals surface area contributed by atoms with E-state index in [0.717, 1.165) is 5.56 Å². The highest BCUT2D eigenvalue weighted by atomic mass is 32.1. The standard InChI is InChI=1S/C18H22N2O4S/c1-20(11-13-5-4-6-15(23-2)17(13)24-3)16(21)7-9-19-18(22)14-8-10-25-12-14/h4-6,8,10,12H,7,9,11H2,1-3H3,(H,19,22). The van der Waals surface area contributed by atoms with E-state index in [1.807, 2.05) is 23.6 Å². The number of nitrogens with zero attached hydrogens (tertiary/aromatic N) is 1. The number of thiophene rings is 1. The average molecular weight is 362 g/mol. The third-order valence-electron chi connectivity index (χ3n) is 3.73. The molecule has 1 aromatic carbocycles. The summed E-state index contributed by atoms with van der Waals surface area (Å²) in [6.07, 6.45) is 0.235. The van der Waals surface area contributed by atoms with Crippen molar-refractivity contribution in [3.63, 3.8) is 0 Å². The zero-order valence-electron chi connectivity index (χ0n) is 14.6. The molecule has 0 radical (unpaired) electrons. The first-order valence-electron chi connectivity index (χ1n) is 7.81. The molecule has 0 fully saturated rings. The van der Waals surface area contributed by atoms with Crippen molar-refractivity contribution < 1.29 is 19.1 Å². The van der Waals surface area contributed by atoms with E-state index in [-0.39, 0.29) is 18.2 Å². The Morgan fingerprint density at radius 3 is 2.64 bits per heavy atom. The molecule has 2 amide bonds. The fourth-order valence-electron chi connectivity index (χ4n) is 2.39. The van der Waals surface area contributed by atoms with Crippen LogP contribution in [0.4, 0.5) is 0 Å². The van der Waals surface area contributed by atoms with Crippen LogP contribution in [0, 0.1) is 0 Å². The molecular weight excluding hydrogens is 340 g/mol. The molecule has 0 aliphatic heterocycles. The largest absolute Gasteiger partial charge is 0.493 e. The van der Waals surface area contributed by atoms with Gasteiger partial charge in [-0.1, -0.05) is 12.1 Å². The predicted octanol–water partition coefficient (Wildman–Crippen LogP) is 2.54. The number of ether oxygens (including phenoxy) is 2. The van der Waals surface area contributed by atoms with E-state index >= 15 is 0 Å². The van der Waals surface area contributed by atoms with Crippen molar-refractivity contribution in [1.29, 1.82) is 0 Å². The normalized spacial score (nSPS) is 10.2. The fourth-order valence-corrected chi connectivity index (χ4v) is 3.03. The second-order valence-electron chi connectivity index (χ2n) is 5.42. The van der Waals surface area contributed by atoms with E-state index in [4.69, 9.17) is 9.47 Å². The fraction of sp³-hybridized carbons (Fsp3) is 0.333. The number of benzene rings is 1. The number of hydrogen-bond donors (Lipinski definition) is 1. The van der Waals surface area contributed by atoms with Crippen molar-refractivity contribution in [2.75, 3.05) is 27.8 Å². The maximum absolute atomic E-state index is 12.3. The molecule has 7 heteroatoms. The van der Waals surface area contributed by atoms with Gasteiger partial charge in [0.2, 0.25) is 5.91 Å². The molecule has 134 valence electrons. The molecule has 1 aromatic heterocycles. The van der Waals surface area contributed by atoms with Crippen molar-refractivity contribution in [3.05, 3.63) is 46.2 Å². The molecule has 0 bridgehead atoms. The molecule has 0 saturated heterocycles. The van der Waals surface area contributed by atoms with Crippen molar-refractivity contribution in [2.45, 2.75) is 13.0 Å². The van der Waals surface area contributed by atoms with Gasteiger partial charge < -0.3 is 19.7 Å². The zero-order valence-corrected chi connectivity index (χ0v) is 15.4. The van der Waals surface area contributed by atoms with E-state index in [1.165, 1.54) is 11.3 Å². The molecule has 2 rings (SSSR count). The van der Waals surface area contributed by atoms with Crippen LogP contribution in [0.5, 0.6) is 11.5 Å². The van der Waals surface area contributed by atoms with Crippen LogP contribution in [0.25, 0.3) is 0 Å². The maximum Gasteiger partial charge on any atom is 0.252 e.